The van der Waals surface area contributed by atoms with Gasteiger partial charge >= 0.3 is 5.97 Å². The zero-order valence-corrected chi connectivity index (χ0v) is 14.8. The molecule has 3 nitrogen and oxygen atoms in total. The van der Waals surface area contributed by atoms with Crippen molar-refractivity contribution in [1.82, 2.24) is 0 Å². The van der Waals surface area contributed by atoms with Crippen LogP contribution in [0.3, 0.4) is 0 Å². The Labute approximate surface area is 146 Å². The number of esters is 1. The van der Waals surface area contributed by atoms with E-state index in [1.807, 2.05) is 42.5 Å². The average Bonchev–Trinajstić information content (AvgIpc) is 2.58. The second kappa shape index (κ2) is 8.70. The number of para-hydroxylation sites is 1. The lowest BCUT2D eigenvalue weighted by Crippen LogP contribution is -2.26. The van der Waals surface area contributed by atoms with Crippen LogP contribution in [0.1, 0.15) is 20.3 Å². The third kappa shape index (κ3) is 5.08. The number of carbonyl (C=O) groups is 1. The highest BCUT2D eigenvalue weighted by molar-refractivity contribution is 8.23. The molecule has 0 fully saturated rings. The number of hydrogen-bond acceptors (Lipinski definition) is 4. The number of anilines is 1. The van der Waals surface area contributed by atoms with E-state index in [0.29, 0.717) is 12.2 Å². The molecule has 0 spiro atoms. The van der Waals surface area contributed by atoms with Gasteiger partial charge in [-0.25, -0.2) is 0 Å². The predicted molar refractivity (Wildman–Crippen MR) is 100 cm³/mol. The van der Waals surface area contributed by atoms with Crippen LogP contribution in [-0.2, 0) is 4.79 Å². The summed E-state index contributed by atoms with van der Waals surface area (Å²) >= 11 is 7.09. The van der Waals surface area contributed by atoms with Gasteiger partial charge in [-0.1, -0.05) is 49.1 Å². The van der Waals surface area contributed by atoms with E-state index in [-0.39, 0.29) is 5.97 Å². The molecule has 2 aromatic rings. The molecule has 0 unspecified atom stereocenters. The minimum atomic E-state index is -0.234. The summed E-state index contributed by atoms with van der Waals surface area (Å²) in [6.45, 7) is 4.66. The lowest BCUT2D eigenvalue weighted by molar-refractivity contribution is -0.134. The molecule has 0 N–H and O–H groups in total. The quantitative estimate of drug-likeness (QED) is 0.333. The summed E-state index contributed by atoms with van der Waals surface area (Å²) in [5.41, 5.74) is 1.08. The molecule has 0 aromatic heterocycles. The Kier molecular flexibility index (Phi) is 6.62. The van der Waals surface area contributed by atoms with Gasteiger partial charge in [0.1, 0.15) is 10.1 Å². The standard InChI is InChI=1S/C18H19NO2S2/c1-3-17(20)21-15-10-12-16(13-11-15)23-18(22)19(4-2)14-8-6-5-7-9-14/h5-13H,3-4H2,1-2H3. The average molecular weight is 345 g/mol. The summed E-state index contributed by atoms with van der Waals surface area (Å²) in [7, 11) is 0. The van der Waals surface area contributed by atoms with E-state index in [4.69, 9.17) is 17.0 Å². The van der Waals surface area contributed by atoms with Crippen LogP contribution < -0.4 is 9.64 Å². The third-order valence-corrected chi connectivity index (χ3v) is 4.53. The van der Waals surface area contributed by atoms with Crippen molar-refractivity contribution in [3.8, 4) is 5.75 Å². The van der Waals surface area contributed by atoms with E-state index in [1.54, 1.807) is 19.1 Å². The summed E-state index contributed by atoms with van der Waals surface area (Å²) in [4.78, 5) is 14.4. The van der Waals surface area contributed by atoms with E-state index in [9.17, 15) is 4.79 Å². The first-order valence-corrected chi connectivity index (χ1v) is 8.71. The first kappa shape index (κ1) is 17.5. The van der Waals surface area contributed by atoms with E-state index < -0.39 is 0 Å². The summed E-state index contributed by atoms with van der Waals surface area (Å²) in [6.07, 6.45) is 0.364. The van der Waals surface area contributed by atoms with E-state index in [0.717, 1.165) is 21.4 Å². The van der Waals surface area contributed by atoms with Crippen molar-refractivity contribution in [2.24, 2.45) is 0 Å². The Morgan fingerprint density at radius 3 is 2.30 bits per heavy atom. The van der Waals surface area contributed by atoms with Gasteiger partial charge in [-0.2, -0.15) is 0 Å². The van der Waals surface area contributed by atoms with Crippen LogP contribution in [0.15, 0.2) is 59.5 Å². The first-order valence-electron chi connectivity index (χ1n) is 7.49. The smallest absolute Gasteiger partial charge is 0.310 e. The number of ether oxygens (including phenoxy) is 1. The molecular weight excluding hydrogens is 326 g/mol. The van der Waals surface area contributed by atoms with Gasteiger partial charge in [0, 0.05) is 23.5 Å². The lowest BCUT2D eigenvalue weighted by atomic mass is 10.3. The maximum atomic E-state index is 11.3. The van der Waals surface area contributed by atoms with Crippen molar-refractivity contribution in [3.63, 3.8) is 0 Å². The molecule has 0 aliphatic rings. The summed E-state index contributed by atoms with van der Waals surface area (Å²) in [6, 6.07) is 17.5. The monoisotopic (exact) mass is 345 g/mol. The molecule has 120 valence electrons. The fourth-order valence-corrected chi connectivity index (χ4v) is 3.30. The van der Waals surface area contributed by atoms with Gasteiger partial charge in [0.25, 0.3) is 0 Å². The van der Waals surface area contributed by atoms with Gasteiger partial charge in [-0.05, 0) is 43.3 Å². The molecule has 0 atom stereocenters. The van der Waals surface area contributed by atoms with Crippen LogP contribution in [-0.4, -0.2) is 16.8 Å². The number of thiocarbonyl (C=S) groups is 1. The Morgan fingerprint density at radius 1 is 1.09 bits per heavy atom. The van der Waals surface area contributed by atoms with E-state index in [1.165, 1.54) is 11.8 Å². The highest BCUT2D eigenvalue weighted by atomic mass is 32.2. The molecular formula is C18H19NO2S2. The second-order valence-corrected chi connectivity index (χ2v) is 6.45. The lowest BCUT2D eigenvalue weighted by Gasteiger charge is -2.23. The van der Waals surface area contributed by atoms with E-state index >= 15 is 0 Å². The second-order valence-electron chi connectivity index (χ2n) is 4.75. The largest absolute Gasteiger partial charge is 0.427 e. The van der Waals surface area contributed by atoms with Crippen molar-refractivity contribution in [2.45, 2.75) is 25.2 Å². The zero-order valence-electron chi connectivity index (χ0n) is 13.2. The third-order valence-electron chi connectivity index (χ3n) is 3.15. The molecule has 0 aliphatic carbocycles. The molecule has 2 aromatic carbocycles. The fourth-order valence-electron chi connectivity index (χ4n) is 1.96. The molecule has 0 saturated heterocycles. The topological polar surface area (TPSA) is 29.5 Å². The van der Waals surface area contributed by atoms with Gasteiger partial charge in [0.05, 0.1) is 0 Å². The van der Waals surface area contributed by atoms with Crippen molar-refractivity contribution in [3.05, 3.63) is 54.6 Å². The maximum Gasteiger partial charge on any atom is 0.310 e. The Morgan fingerprint density at radius 2 is 1.74 bits per heavy atom. The number of thioether (sulfide) groups is 1. The van der Waals surface area contributed by atoms with Crippen LogP contribution in [0.5, 0.6) is 5.75 Å². The van der Waals surface area contributed by atoms with Crippen molar-refractivity contribution in [1.29, 1.82) is 0 Å². The number of hydrogen-bond donors (Lipinski definition) is 0. The SMILES string of the molecule is CCC(=O)Oc1ccc(SC(=S)N(CC)c2ccccc2)cc1. The molecule has 0 amide bonds. The predicted octanol–water partition coefficient (Wildman–Crippen LogP) is 4.91. The minimum absolute atomic E-state index is 0.234. The van der Waals surface area contributed by atoms with Crippen LogP contribution >= 0.6 is 24.0 Å². The van der Waals surface area contributed by atoms with Gasteiger partial charge in [-0.3, -0.25) is 4.79 Å². The van der Waals surface area contributed by atoms with Gasteiger partial charge in [0.2, 0.25) is 0 Å². The minimum Gasteiger partial charge on any atom is -0.427 e. The number of rotatable bonds is 5. The van der Waals surface area contributed by atoms with Crippen LogP contribution in [0.2, 0.25) is 0 Å². The van der Waals surface area contributed by atoms with Gasteiger partial charge < -0.3 is 9.64 Å². The summed E-state index contributed by atoms with van der Waals surface area (Å²) < 4.78 is 5.96. The molecule has 0 bridgehead atoms. The summed E-state index contributed by atoms with van der Waals surface area (Å²) in [5.74, 6) is 0.324. The van der Waals surface area contributed by atoms with Gasteiger partial charge in [-0.15, -0.1) is 0 Å². The summed E-state index contributed by atoms with van der Waals surface area (Å²) in [5, 5.41) is 0. The van der Waals surface area contributed by atoms with Crippen molar-refractivity contribution >= 4 is 40.0 Å². The number of nitrogens with zero attached hydrogens (tertiary/aromatic N) is 1. The Bertz CT molecular complexity index is 656. The molecule has 0 heterocycles. The number of benzene rings is 2. The molecule has 23 heavy (non-hydrogen) atoms. The van der Waals surface area contributed by atoms with Crippen LogP contribution in [0.4, 0.5) is 5.69 Å². The van der Waals surface area contributed by atoms with Crippen LogP contribution in [0, 0.1) is 0 Å². The zero-order chi connectivity index (χ0) is 16.7. The maximum absolute atomic E-state index is 11.3. The Balaban J connectivity index is 2.03. The molecule has 0 saturated carbocycles. The highest BCUT2D eigenvalue weighted by Crippen LogP contribution is 2.27. The molecule has 2 rings (SSSR count). The fraction of sp³-hybridized carbons (Fsp3) is 0.222. The van der Waals surface area contributed by atoms with Crippen LogP contribution in [0.25, 0.3) is 0 Å². The van der Waals surface area contributed by atoms with Crippen molar-refractivity contribution < 1.29 is 9.53 Å². The van der Waals surface area contributed by atoms with Crippen molar-refractivity contribution in [2.75, 3.05) is 11.4 Å². The Hall–Kier alpha value is -1.85. The normalized spacial score (nSPS) is 10.2. The molecule has 5 heteroatoms. The van der Waals surface area contributed by atoms with Gasteiger partial charge in [0.15, 0.2) is 0 Å². The van der Waals surface area contributed by atoms with E-state index in [2.05, 4.69) is 11.8 Å². The molecule has 0 aliphatic heterocycles. The first-order chi connectivity index (χ1) is 11.1. The highest BCUT2D eigenvalue weighted by Gasteiger charge is 2.11. The molecule has 0 radical (unpaired) electrons. The number of carbonyl (C=O) groups excluding carboxylic acids is 1.